The van der Waals surface area contributed by atoms with Crippen LogP contribution < -0.4 is 10.1 Å². The van der Waals surface area contributed by atoms with Gasteiger partial charge >= 0.3 is 6.01 Å². The lowest BCUT2D eigenvalue weighted by molar-refractivity contribution is -0.384. The molecule has 0 bridgehead atoms. The molecule has 0 atom stereocenters. The Morgan fingerprint density at radius 3 is 2.57 bits per heavy atom. The van der Waals surface area contributed by atoms with Crippen LogP contribution in [0.1, 0.15) is 6.92 Å². The lowest BCUT2D eigenvalue weighted by Crippen LogP contribution is -2.04. The highest BCUT2D eigenvalue weighted by Crippen LogP contribution is 2.27. The molecule has 2 rings (SSSR count). The van der Waals surface area contributed by atoms with Crippen LogP contribution >= 0.6 is 11.8 Å². The van der Waals surface area contributed by atoms with Crippen molar-refractivity contribution in [2.24, 2.45) is 0 Å². The summed E-state index contributed by atoms with van der Waals surface area (Å²) >= 11 is 1.27. The molecule has 0 aliphatic rings. The van der Waals surface area contributed by atoms with Crippen molar-refractivity contribution in [1.82, 2.24) is 15.0 Å². The Kier molecular flexibility index (Phi) is 4.88. The van der Waals surface area contributed by atoms with Crippen LogP contribution in [0.4, 0.5) is 11.6 Å². The number of nitrogens with zero attached hydrogens (tertiary/aromatic N) is 4. The first-order valence-corrected chi connectivity index (χ1v) is 6.93. The van der Waals surface area contributed by atoms with Gasteiger partial charge in [-0.15, -0.1) is 0 Å². The van der Waals surface area contributed by atoms with E-state index in [-0.39, 0.29) is 11.7 Å². The van der Waals surface area contributed by atoms with E-state index in [4.69, 9.17) is 4.74 Å². The molecule has 110 valence electrons. The Bertz CT molecular complexity index is 635. The van der Waals surface area contributed by atoms with Crippen LogP contribution in [0.15, 0.2) is 34.3 Å². The third kappa shape index (κ3) is 4.02. The third-order valence-electron chi connectivity index (χ3n) is 2.35. The molecule has 0 amide bonds. The molecule has 0 spiro atoms. The summed E-state index contributed by atoms with van der Waals surface area (Å²) < 4.78 is 5.27. The number of ether oxygens (including phenoxy) is 1. The van der Waals surface area contributed by atoms with E-state index in [1.165, 1.54) is 23.9 Å². The Labute approximate surface area is 125 Å². The summed E-state index contributed by atoms with van der Waals surface area (Å²) in [4.78, 5) is 23.4. The summed E-state index contributed by atoms with van der Waals surface area (Å²) in [5.41, 5.74) is 0.0425. The Hall–Kier alpha value is -2.42. The molecule has 1 heterocycles. The Balaban J connectivity index is 2.21. The number of anilines is 1. The summed E-state index contributed by atoms with van der Waals surface area (Å²) in [6, 6.07) is 6.40. The van der Waals surface area contributed by atoms with E-state index in [0.717, 1.165) is 4.90 Å². The highest BCUT2D eigenvalue weighted by molar-refractivity contribution is 7.99. The molecule has 0 saturated heterocycles. The molecule has 0 radical (unpaired) electrons. The fourth-order valence-corrected chi connectivity index (χ4v) is 2.17. The number of benzene rings is 1. The van der Waals surface area contributed by atoms with Gasteiger partial charge in [-0.1, -0.05) is 0 Å². The van der Waals surface area contributed by atoms with Crippen LogP contribution in [0.5, 0.6) is 6.01 Å². The first kappa shape index (κ1) is 15.0. The molecule has 1 aromatic carbocycles. The van der Waals surface area contributed by atoms with Gasteiger partial charge in [0.1, 0.15) is 0 Å². The molecule has 0 aliphatic carbocycles. The van der Waals surface area contributed by atoms with E-state index in [9.17, 15) is 10.1 Å². The average Bonchev–Trinajstić information content (AvgIpc) is 2.48. The Morgan fingerprint density at radius 2 is 2.00 bits per heavy atom. The standard InChI is InChI=1S/C12H13N5O3S/c1-3-20-11-14-10(13-2)15-12(16-11)21-9-6-4-8(5-7-9)17(18)19/h4-7H,3H2,1-2H3,(H,13,14,15,16). The van der Waals surface area contributed by atoms with E-state index in [1.807, 2.05) is 6.92 Å². The molecular formula is C12H13N5O3S. The van der Waals surface area contributed by atoms with Gasteiger partial charge in [0.15, 0.2) is 0 Å². The number of rotatable bonds is 6. The predicted molar refractivity (Wildman–Crippen MR) is 77.8 cm³/mol. The van der Waals surface area contributed by atoms with Gasteiger partial charge in [-0.3, -0.25) is 10.1 Å². The summed E-state index contributed by atoms with van der Waals surface area (Å²) in [6.07, 6.45) is 0. The molecule has 0 fully saturated rings. The van der Waals surface area contributed by atoms with Gasteiger partial charge in [0.25, 0.3) is 5.69 Å². The van der Waals surface area contributed by atoms with E-state index < -0.39 is 4.92 Å². The predicted octanol–water partition coefficient (Wildman–Crippen LogP) is 2.37. The summed E-state index contributed by atoms with van der Waals surface area (Å²) in [5.74, 6) is 0.401. The van der Waals surface area contributed by atoms with Gasteiger partial charge in [0.05, 0.1) is 11.5 Å². The summed E-state index contributed by atoms with van der Waals surface area (Å²) in [5, 5.41) is 13.9. The zero-order chi connectivity index (χ0) is 15.2. The van der Waals surface area contributed by atoms with Gasteiger partial charge in [-0.2, -0.15) is 15.0 Å². The fraction of sp³-hybridized carbons (Fsp3) is 0.250. The zero-order valence-electron chi connectivity index (χ0n) is 11.4. The summed E-state index contributed by atoms with van der Waals surface area (Å²) in [6.45, 7) is 2.29. The first-order valence-electron chi connectivity index (χ1n) is 6.11. The number of non-ortho nitro benzene ring substituents is 1. The van der Waals surface area contributed by atoms with Gasteiger partial charge in [0.2, 0.25) is 11.1 Å². The van der Waals surface area contributed by atoms with Crippen molar-refractivity contribution in [2.75, 3.05) is 19.0 Å². The minimum Gasteiger partial charge on any atom is -0.464 e. The van der Waals surface area contributed by atoms with Crippen LogP contribution in [-0.2, 0) is 0 Å². The first-order chi connectivity index (χ1) is 10.1. The smallest absolute Gasteiger partial charge is 0.322 e. The molecule has 1 aromatic heterocycles. The quantitative estimate of drug-likeness (QED) is 0.641. The molecule has 8 nitrogen and oxygen atoms in total. The number of hydrogen-bond donors (Lipinski definition) is 1. The van der Waals surface area contributed by atoms with Crippen LogP contribution in [0.3, 0.4) is 0 Å². The second kappa shape index (κ2) is 6.84. The van der Waals surface area contributed by atoms with Crippen molar-refractivity contribution in [2.45, 2.75) is 17.0 Å². The lowest BCUT2D eigenvalue weighted by atomic mass is 10.3. The highest BCUT2D eigenvalue weighted by atomic mass is 32.2. The zero-order valence-corrected chi connectivity index (χ0v) is 12.3. The minimum atomic E-state index is -0.441. The maximum atomic E-state index is 10.6. The van der Waals surface area contributed by atoms with Crippen LogP contribution in [-0.4, -0.2) is 33.5 Å². The van der Waals surface area contributed by atoms with Crippen LogP contribution in [0, 0.1) is 10.1 Å². The van der Waals surface area contributed by atoms with Crippen molar-refractivity contribution in [3.05, 3.63) is 34.4 Å². The lowest BCUT2D eigenvalue weighted by Gasteiger charge is -2.06. The number of nitrogens with one attached hydrogen (secondary N) is 1. The molecule has 1 N–H and O–H groups in total. The maximum Gasteiger partial charge on any atom is 0.322 e. The molecular weight excluding hydrogens is 294 g/mol. The van der Waals surface area contributed by atoms with Crippen molar-refractivity contribution in [3.63, 3.8) is 0 Å². The van der Waals surface area contributed by atoms with Gasteiger partial charge in [-0.25, -0.2) is 0 Å². The largest absolute Gasteiger partial charge is 0.464 e. The highest BCUT2D eigenvalue weighted by Gasteiger charge is 2.09. The van der Waals surface area contributed by atoms with Gasteiger partial charge in [-0.05, 0) is 30.8 Å². The molecule has 21 heavy (non-hydrogen) atoms. The normalized spacial score (nSPS) is 10.2. The van der Waals surface area contributed by atoms with E-state index in [1.54, 1.807) is 19.2 Å². The van der Waals surface area contributed by atoms with E-state index >= 15 is 0 Å². The Morgan fingerprint density at radius 1 is 1.29 bits per heavy atom. The number of hydrogen-bond acceptors (Lipinski definition) is 8. The van der Waals surface area contributed by atoms with Gasteiger partial charge in [0, 0.05) is 24.1 Å². The number of aromatic nitrogens is 3. The van der Waals surface area contributed by atoms with Crippen molar-refractivity contribution < 1.29 is 9.66 Å². The molecule has 9 heteroatoms. The van der Waals surface area contributed by atoms with Crippen LogP contribution in [0.2, 0.25) is 0 Å². The molecule has 0 unspecified atom stereocenters. The SMILES string of the molecule is CCOc1nc(NC)nc(Sc2ccc([N+](=O)[O-])cc2)n1. The second-order valence-electron chi connectivity index (χ2n) is 3.76. The molecule has 0 aliphatic heterocycles. The molecule has 0 saturated carbocycles. The van der Waals surface area contributed by atoms with Crippen molar-refractivity contribution >= 4 is 23.4 Å². The van der Waals surface area contributed by atoms with E-state index in [2.05, 4.69) is 20.3 Å². The van der Waals surface area contributed by atoms with Crippen molar-refractivity contribution in [1.29, 1.82) is 0 Å². The third-order valence-corrected chi connectivity index (χ3v) is 3.22. The van der Waals surface area contributed by atoms with Crippen molar-refractivity contribution in [3.8, 4) is 6.01 Å². The average molecular weight is 307 g/mol. The number of nitro groups is 1. The van der Waals surface area contributed by atoms with Gasteiger partial charge < -0.3 is 10.1 Å². The second-order valence-corrected chi connectivity index (χ2v) is 4.80. The fourth-order valence-electron chi connectivity index (χ4n) is 1.43. The summed E-state index contributed by atoms with van der Waals surface area (Å²) in [7, 11) is 1.70. The van der Waals surface area contributed by atoms with Crippen LogP contribution in [0.25, 0.3) is 0 Å². The topological polar surface area (TPSA) is 103 Å². The monoisotopic (exact) mass is 307 g/mol. The minimum absolute atomic E-state index is 0.0425. The maximum absolute atomic E-state index is 10.6. The molecule has 2 aromatic rings. The van der Waals surface area contributed by atoms with E-state index in [0.29, 0.717) is 17.7 Å². The number of nitro benzene ring substituents is 1.